The van der Waals surface area contributed by atoms with Crippen molar-refractivity contribution in [1.82, 2.24) is 4.98 Å². The average molecular weight is 451 g/mol. The predicted molar refractivity (Wildman–Crippen MR) is 120 cm³/mol. The van der Waals surface area contributed by atoms with Gasteiger partial charge < -0.3 is 15.8 Å². The molecule has 160 valence electrons. The number of aromatic nitrogens is 1. The Morgan fingerprint density at radius 2 is 2.23 bits per heavy atom. The number of hydrogen-bond acceptors (Lipinski definition) is 6. The number of ether oxygens (including phenoxy) is 1. The summed E-state index contributed by atoms with van der Waals surface area (Å²) in [4.78, 5) is 21.2. The van der Waals surface area contributed by atoms with E-state index < -0.39 is 11.4 Å². The standard InChI is InChI=1S/C21H24ClFN4O2S/c1-12-8-15(26-19(28)17-5-4-14(22)10-25-17)9-16(18(12)23)21(2)13(6-7-29-3)11-30-20(24)27-21/h4-5,8-10,13H,6-7,11H2,1-3H3,(H2,24,27)(H,26,28)/t13?,21-/m0/s1. The summed E-state index contributed by atoms with van der Waals surface area (Å²) in [6.07, 6.45) is 2.11. The lowest BCUT2D eigenvalue weighted by Gasteiger charge is -2.38. The van der Waals surface area contributed by atoms with Crippen molar-refractivity contribution in [3.63, 3.8) is 0 Å². The third-order valence-corrected chi connectivity index (χ3v) is 6.44. The minimum absolute atomic E-state index is 0.0209. The van der Waals surface area contributed by atoms with Crippen molar-refractivity contribution in [2.75, 3.05) is 24.8 Å². The van der Waals surface area contributed by atoms with Crippen molar-refractivity contribution >= 4 is 40.1 Å². The number of anilines is 1. The molecule has 9 heteroatoms. The molecule has 2 heterocycles. The first kappa shape index (κ1) is 22.5. The predicted octanol–water partition coefficient (Wildman–Crippen LogP) is 4.36. The van der Waals surface area contributed by atoms with Gasteiger partial charge in [-0.25, -0.2) is 9.37 Å². The van der Waals surface area contributed by atoms with E-state index in [1.807, 2.05) is 6.92 Å². The Morgan fingerprint density at radius 1 is 1.47 bits per heavy atom. The summed E-state index contributed by atoms with van der Waals surface area (Å²) in [5, 5.41) is 3.65. The van der Waals surface area contributed by atoms with Crippen LogP contribution >= 0.6 is 23.4 Å². The van der Waals surface area contributed by atoms with Gasteiger partial charge in [0.25, 0.3) is 5.91 Å². The third kappa shape index (κ3) is 4.77. The number of aliphatic imine (C=N–C) groups is 1. The maximum Gasteiger partial charge on any atom is 0.274 e. The normalized spacial score (nSPS) is 21.2. The third-order valence-electron chi connectivity index (χ3n) is 5.26. The highest BCUT2D eigenvalue weighted by molar-refractivity contribution is 8.13. The van der Waals surface area contributed by atoms with Crippen LogP contribution in [0.3, 0.4) is 0 Å². The second-order valence-corrected chi connectivity index (χ2v) is 8.83. The number of amides is 1. The molecular formula is C21H24ClFN4O2S. The Balaban J connectivity index is 1.98. The molecule has 0 fully saturated rings. The highest BCUT2D eigenvalue weighted by atomic mass is 35.5. The molecule has 1 aromatic heterocycles. The number of amidine groups is 1. The number of nitrogens with zero attached hydrogens (tertiary/aromatic N) is 2. The minimum Gasteiger partial charge on any atom is -0.385 e. The van der Waals surface area contributed by atoms with Gasteiger partial charge in [-0.15, -0.1) is 0 Å². The molecule has 1 amide bonds. The van der Waals surface area contributed by atoms with Gasteiger partial charge in [0.05, 0.1) is 10.6 Å². The van der Waals surface area contributed by atoms with Gasteiger partial charge in [-0.1, -0.05) is 23.4 Å². The van der Waals surface area contributed by atoms with Gasteiger partial charge in [-0.3, -0.25) is 9.79 Å². The van der Waals surface area contributed by atoms with Gasteiger partial charge in [0, 0.05) is 36.9 Å². The largest absolute Gasteiger partial charge is 0.385 e. The molecule has 6 nitrogen and oxygen atoms in total. The first-order valence-corrected chi connectivity index (χ1v) is 10.8. The fourth-order valence-electron chi connectivity index (χ4n) is 3.52. The number of nitrogens with one attached hydrogen (secondary N) is 1. The van der Waals surface area contributed by atoms with Crippen LogP contribution in [0.4, 0.5) is 10.1 Å². The van der Waals surface area contributed by atoms with Crippen molar-refractivity contribution < 1.29 is 13.9 Å². The molecule has 0 radical (unpaired) electrons. The van der Waals surface area contributed by atoms with Gasteiger partial charge >= 0.3 is 0 Å². The van der Waals surface area contributed by atoms with Gasteiger partial charge in [0.15, 0.2) is 5.17 Å². The quantitative estimate of drug-likeness (QED) is 0.682. The van der Waals surface area contributed by atoms with E-state index in [4.69, 9.17) is 22.1 Å². The Kier molecular flexibility index (Phi) is 7.00. The minimum atomic E-state index is -0.873. The molecule has 2 aromatic rings. The Hall–Kier alpha value is -2.16. The lowest BCUT2D eigenvalue weighted by atomic mass is 9.78. The number of benzene rings is 1. The summed E-state index contributed by atoms with van der Waals surface area (Å²) in [7, 11) is 1.64. The molecule has 30 heavy (non-hydrogen) atoms. The van der Waals surface area contributed by atoms with Crippen LogP contribution in [0.2, 0.25) is 5.02 Å². The maximum absolute atomic E-state index is 15.3. The number of pyridine rings is 1. The van der Waals surface area contributed by atoms with Crippen molar-refractivity contribution in [1.29, 1.82) is 0 Å². The van der Waals surface area contributed by atoms with Crippen LogP contribution in [0.25, 0.3) is 0 Å². The zero-order chi connectivity index (χ0) is 21.9. The zero-order valence-corrected chi connectivity index (χ0v) is 18.6. The number of nitrogens with two attached hydrogens (primary N) is 1. The van der Waals surface area contributed by atoms with Crippen LogP contribution < -0.4 is 11.1 Å². The van der Waals surface area contributed by atoms with E-state index in [-0.39, 0.29) is 17.4 Å². The molecule has 0 aliphatic carbocycles. The molecule has 1 aromatic carbocycles. The first-order chi connectivity index (χ1) is 14.2. The second kappa shape index (κ2) is 9.32. The molecule has 1 unspecified atom stereocenters. The summed E-state index contributed by atoms with van der Waals surface area (Å²) in [6.45, 7) is 4.08. The SMILES string of the molecule is COCCC1CSC(N)=N[C@]1(C)c1cc(NC(=O)c2ccc(Cl)cn2)cc(C)c1F. The smallest absolute Gasteiger partial charge is 0.274 e. The molecule has 0 spiro atoms. The van der Waals surface area contributed by atoms with E-state index in [0.717, 1.165) is 0 Å². The molecule has 2 atom stereocenters. The average Bonchev–Trinajstić information content (AvgIpc) is 2.70. The van der Waals surface area contributed by atoms with Crippen molar-refractivity contribution in [2.24, 2.45) is 16.6 Å². The Labute approximate surface area is 184 Å². The molecule has 3 rings (SSSR count). The summed E-state index contributed by atoms with van der Waals surface area (Å²) >= 11 is 7.29. The number of methoxy groups -OCH3 is 1. The van der Waals surface area contributed by atoms with Crippen LogP contribution in [0.1, 0.15) is 35.0 Å². The number of rotatable bonds is 6. The van der Waals surface area contributed by atoms with E-state index in [1.54, 1.807) is 32.2 Å². The number of halogens is 2. The van der Waals surface area contributed by atoms with E-state index >= 15 is 4.39 Å². The summed E-state index contributed by atoms with van der Waals surface area (Å²) in [5.41, 5.74) is 6.61. The van der Waals surface area contributed by atoms with E-state index in [1.165, 1.54) is 24.0 Å². The molecule has 1 aliphatic heterocycles. The number of hydrogen-bond donors (Lipinski definition) is 2. The lowest BCUT2D eigenvalue weighted by Crippen LogP contribution is -2.39. The van der Waals surface area contributed by atoms with Crippen molar-refractivity contribution in [3.05, 3.63) is 58.1 Å². The Morgan fingerprint density at radius 3 is 2.90 bits per heavy atom. The van der Waals surface area contributed by atoms with Crippen LogP contribution in [0.15, 0.2) is 35.5 Å². The summed E-state index contributed by atoms with van der Waals surface area (Å²) in [5.74, 6) is -0.0377. The molecule has 0 bridgehead atoms. The molecule has 3 N–H and O–H groups in total. The molecule has 0 saturated heterocycles. The lowest BCUT2D eigenvalue weighted by molar-refractivity contribution is 0.102. The van der Waals surface area contributed by atoms with Crippen molar-refractivity contribution in [2.45, 2.75) is 25.8 Å². The zero-order valence-electron chi connectivity index (χ0n) is 17.0. The number of thioether (sulfide) groups is 1. The fourth-order valence-corrected chi connectivity index (χ4v) is 4.75. The fraction of sp³-hybridized carbons (Fsp3) is 0.381. The van der Waals surface area contributed by atoms with E-state index in [9.17, 15) is 4.79 Å². The molecular weight excluding hydrogens is 427 g/mol. The highest BCUT2D eigenvalue weighted by Crippen LogP contribution is 2.43. The Bertz CT molecular complexity index is 970. The number of aryl methyl sites for hydroxylation is 1. The topological polar surface area (TPSA) is 89.6 Å². The highest BCUT2D eigenvalue weighted by Gasteiger charge is 2.41. The molecule has 0 saturated carbocycles. The number of carbonyl (C=O) groups is 1. The van der Waals surface area contributed by atoms with Gasteiger partial charge in [-0.2, -0.15) is 0 Å². The summed E-state index contributed by atoms with van der Waals surface area (Å²) < 4.78 is 20.5. The summed E-state index contributed by atoms with van der Waals surface area (Å²) in [6, 6.07) is 6.33. The van der Waals surface area contributed by atoms with E-state index in [0.29, 0.717) is 45.8 Å². The first-order valence-electron chi connectivity index (χ1n) is 9.45. The second-order valence-electron chi connectivity index (χ2n) is 7.36. The van der Waals surface area contributed by atoms with Crippen LogP contribution in [-0.4, -0.2) is 35.5 Å². The van der Waals surface area contributed by atoms with Crippen LogP contribution in [0, 0.1) is 18.7 Å². The molecule has 1 aliphatic rings. The van der Waals surface area contributed by atoms with Gasteiger partial charge in [0.2, 0.25) is 0 Å². The van der Waals surface area contributed by atoms with Gasteiger partial charge in [-0.05, 0) is 56.0 Å². The van der Waals surface area contributed by atoms with Crippen LogP contribution in [0.5, 0.6) is 0 Å². The monoisotopic (exact) mass is 450 g/mol. The van der Waals surface area contributed by atoms with Crippen LogP contribution in [-0.2, 0) is 10.3 Å². The van der Waals surface area contributed by atoms with Crippen molar-refractivity contribution in [3.8, 4) is 0 Å². The number of carbonyl (C=O) groups excluding carboxylic acids is 1. The van der Waals surface area contributed by atoms with Gasteiger partial charge in [0.1, 0.15) is 11.5 Å². The maximum atomic E-state index is 15.3. The van der Waals surface area contributed by atoms with E-state index in [2.05, 4.69) is 15.3 Å².